The predicted molar refractivity (Wildman–Crippen MR) is 139 cm³/mol. The van der Waals surface area contributed by atoms with Gasteiger partial charge in [-0.05, 0) is 58.7 Å². The SMILES string of the molecule is COc1cccc(C(=O)OCC2(COC(=O)c3cccc(OC)c3)c3ccccc3-c3ccccc32)c1. The van der Waals surface area contributed by atoms with Gasteiger partial charge in [0.05, 0.1) is 30.8 Å². The summed E-state index contributed by atoms with van der Waals surface area (Å²) in [6.07, 6.45) is 0. The fourth-order valence-electron chi connectivity index (χ4n) is 4.81. The van der Waals surface area contributed by atoms with Gasteiger partial charge in [0.25, 0.3) is 0 Å². The Morgan fingerprint density at radius 1 is 0.595 bits per heavy atom. The van der Waals surface area contributed by atoms with Gasteiger partial charge in [0.1, 0.15) is 24.7 Å². The molecular formula is C31H26O6. The normalized spacial score (nSPS) is 12.7. The van der Waals surface area contributed by atoms with Crippen molar-refractivity contribution in [3.05, 3.63) is 119 Å². The standard InChI is InChI=1S/C31H26O6/c1-34-23-11-7-9-21(17-23)29(32)36-19-31(20-37-30(33)22-10-8-12-24(18-22)35-2)27-15-5-3-13-25(27)26-14-4-6-16-28(26)31/h3-18H,19-20H2,1-2H3. The van der Waals surface area contributed by atoms with E-state index in [4.69, 9.17) is 18.9 Å². The summed E-state index contributed by atoms with van der Waals surface area (Å²) in [6, 6.07) is 29.5. The van der Waals surface area contributed by atoms with Crippen LogP contribution in [0.25, 0.3) is 11.1 Å². The number of fused-ring (bicyclic) bond motifs is 3. The van der Waals surface area contributed by atoms with Crippen LogP contribution in [0.3, 0.4) is 0 Å². The summed E-state index contributed by atoms with van der Waals surface area (Å²) in [4.78, 5) is 26.1. The van der Waals surface area contributed by atoms with Crippen LogP contribution in [0, 0.1) is 0 Å². The smallest absolute Gasteiger partial charge is 0.338 e. The van der Waals surface area contributed by atoms with Gasteiger partial charge in [-0.15, -0.1) is 0 Å². The number of ether oxygens (including phenoxy) is 4. The van der Waals surface area contributed by atoms with E-state index in [9.17, 15) is 9.59 Å². The molecule has 0 aromatic heterocycles. The predicted octanol–water partition coefficient (Wildman–Crippen LogP) is 5.68. The van der Waals surface area contributed by atoms with E-state index in [1.165, 1.54) is 0 Å². The molecule has 37 heavy (non-hydrogen) atoms. The van der Waals surface area contributed by atoms with Gasteiger partial charge in [0.2, 0.25) is 0 Å². The van der Waals surface area contributed by atoms with E-state index in [1.807, 2.05) is 48.5 Å². The van der Waals surface area contributed by atoms with Crippen molar-refractivity contribution in [1.29, 1.82) is 0 Å². The molecule has 0 heterocycles. The first-order valence-electron chi connectivity index (χ1n) is 11.9. The summed E-state index contributed by atoms with van der Waals surface area (Å²) < 4.78 is 22.3. The van der Waals surface area contributed by atoms with Gasteiger partial charge in [0.15, 0.2) is 0 Å². The van der Waals surface area contributed by atoms with Crippen LogP contribution in [0.4, 0.5) is 0 Å². The van der Waals surface area contributed by atoms with E-state index < -0.39 is 17.4 Å². The molecular weight excluding hydrogens is 468 g/mol. The van der Waals surface area contributed by atoms with Crippen molar-refractivity contribution in [2.45, 2.75) is 5.41 Å². The second-order valence-electron chi connectivity index (χ2n) is 8.79. The maximum absolute atomic E-state index is 13.1. The number of esters is 2. The van der Waals surface area contributed by atoms with Crippen LogP contribution in [0.2, 0.25) is 0 Å². The van der Waals surface area contributed by atoms with Crippen molar-refractivity contribution in [1.82, 2.24) is 0 Å². The Morgan fingerprint density at radius 2 is 1.03 bits per heavy atom. The molecule has 1 aliphatic rings. The lowest BCUT2D eigenvalue weighted by Gasteiger charge is -2.31. The lowest BCUT2D eigenvalue weighted by Crippen LogP contribution is -2.38. The van der Waals surface area contributed by atoms with E-state index in [-0.39, 0.29) is 13.2 Å². The van der Waals surface area contributed by atoms with Gasteiger partial charge in [-0.1, -0.05) is 60.7 Å². The van der Waals surface area contributed by atoms with Crippen molar-refractivity contribution in [3.63, 3.8) is 0 Å². The Kier molecular flexibility index (Phi) is 6.64. The van der Waals surface area contributed by atoms with Gasteiger partial charge in [-0.2, -0.15) is 0 Å². The maximum atomic E-state index is 13.1. The average Bonchev–Trinajstić information content (AvgIpc) is 3.24. The zero-order valence-corrected chi connectivity index (χ0v) is 20.6. The quantitative estimate of drug-likeness (QED) is 0.293. The highest BCUT2D eigenvalue weighted by atomic mass is 16.5. The lowest BCUT2D eigenvalue weighted by molar-refractivity contribution is 0.0247. The highest BCUT2D eigenvalue weighted by Crippen LogP contribution is 2.49. The molecule has 6 nitrogen and oxygen atoms in total. The first-order valence-corrected chi connectivity index (χ1v) is 11.9. The Labute approximate surface area is 215 Å². The van der Waals surface area contributed by atoms with Crippen molar-refractivity contribution < 1.29 is 28.5 Å². The first-order chi connectivity index (χ1) is 18.1. The highest BCUT2D eigenvalue weighted by Gasteiger charge is 2.45. The average molecular weight is 495 g/mol. The highest BCUT2D eigenvalue weighted by molar-refractivity contribution is 5.91. The fourth-order valence-corrected chi connectivity index (χ4v) is 4.81. The Hall–Kier alpha value is -4.58. The van der Waals surface area contributed by atoms with Crippen molar-refractivity contribution in [3.8, 4) is 22.6 Å². The largest absolute Gasteiger partial charge is 0.497 e. The van der Waals surface area contributed by atoms with E-state index in [1.54, 1.807) is 62.8 Å². The van der Waals surface area contributed by atoms with Gasteiger partial charge in [-0.25, -0.2) is 9.59 Å². The fraction of sp³-hybridized carbons (Fsp3) is 0.161. The zero-order valence-electron chi connectivity index (χ0n) is 20.6. The van der Waals surface area contributed by atoms with Crippen molar-refractivity contribution in [2.75, 3.05) is 27.4 Å². The third kappa shape index (κ3) is 4.54. The Morgan fingerprint density at radius 3 is 1.46 bits per heavy atom. The summed E-state index contributed by atoms with van der Waals surface area (Å²) >= 11 is 0. The molecule has 0 amide bonds. The molecule has 0 saturated carbocycles. The molecule has 0 N–H and O–H groups in total. The Bertz CT molecular complexity index is 1350. The van der Waals surface area contributed by atoms with Crippen LogP contribution in [0.1, 0.15) is 31.8 Å². The van der Waals surface area contributed by atoms with Crippen LogP contribution in [-0.2, 0) is 14.9 Å². The molecule has 0 radical (unpaired) electrons. The molecule has 5 rings (SSSR count). The molecule has 0 aliphatic heterocycles. The monoisotopic (exact) mass is 494 g/mol. The van der Waals surface area contributed by atoms with Crippen LogP contribution in [-0.4, -0.2) is 39.4 Å². The number of carbonyl (C=O) groups is 2. The van der Waals surface area contributed by atoms with Gasteiger partial charge >= 0.3 is 11.9 Å². The number of hydrogen-bond donors (Lipinski definition) is 0. The van der Waals surface area contributed by atoms with Gasteiger partial charge in [0, 0.05) is 0 Å². The number of hydrogen-bond acceptors (Lipinski definition) is 6. The van der Waals surface area contributed by atoms with Crippen molar-refractivity contribution >= 4 is 11.9 Å². The molecule has 4 aromatic rings. The number of methoxy groups -OCH3 is 2. The van der Waals surface area contributed by atoms with E-state index >= 15 is 0 Å². The summed E-state index contributed by atoms with van der Waals surface area (Å²) in [6.45, 7) is -0.0229. The number of carbonyl (C=O) groups excluding carboxylic acids is 2. The molecule has 0 bridgehead atoms. The molecule has 186 valence electrons. The third-order valence-electron chi connectivity index (χ3n) is 6.69. The molecule has 0 saturated heterocycles. The molecule has 6 heteroatoms. The topological polar surface area (TPSA) is 71.1 Å². The zero-order chi connectivity index (χ0) is 25.8. The van der Waals surface area contributed by atoms with Crippen molar-refractivity contribution in [2.24, 2.45) is 0 Å². The Balaban J connectivity index is 1.49. The van der Waals surface area contributed by atoms with Gasteiger partial charge < -0.3 is 18.9 Å². The first kappa shape index (κ1) is 24.1. The van der Waals surface area contributed by atoms with Crippen LogP contribution < -0.4 is 9.47 Å². The summed E-state index contributed by atoms with van der Waals surface area (Å²) in [5, 5.41) is 0. The molecule has 0 unspecified atom stereocenters. The van der Waals surface area contributed by atoms with E-state index in [2.05, 4.69) is 0 Å². The lowest BCUT2D eigenvalue weighted by atomic mass is 9.79. The number of benzene rings is 4. The molecule has 0 spiro atoms. The van der Waals surface area contributed by atoms with Gasteiger partial charge in [-0.3, -0.25) is 0 Å². The van der Waals surface area contributed by atoms with Crippen LogP contribution in [0.5, 0.6) is 11.5 Å². The van der Waals surface area contributed by atoms with Crippen LogP contribution in [0.15, 0.2) is 97.1 Å². The van der Waals surface area contributed by atoms with E-state index in [0.717, 1.165) is 22.3 Å². The number of rotatable bonds is 8. The molecule has 0 fully saturated rings. The third-order valence-corrected chi connectivity index (χ3v) is 6.69. The minimum absolute atomic E-state index is 0.0114. The minimum Gasteiger partial charge on any atom is -0.497 e. The minimum atomic E-state index is -0.879. The van der Waals surface area contributed by atoms with Crippen LogP contribution >= 0.6 is 0 Å². The second kappa shape index (κ2) is 10.2. The maximum Gasteiger partial charge on any atom is 0.338 e. The summed E-state index contributed by atoms with van der Waals surface area (Å²) in [5.41, 5.74) is 3.79. The molecule has 4 aromatic carbocycles. The molecule has 1 aliphatic carbocycles. The van der Waals surface area contributed by atoms with E-state index in [0.29, 0.717) is 22.6 Å². The second-order valence-corrected chi connectivity index (χ2v) is 8.79. The molecule has 0 atom stereocenters. The summed E-state index contributed by atoms with van der Waals surface area (Å²) in [7, 11) is 3.09. The summed E-state index contributed by atoms with van der Waals surface area (Å²) in [5.74, 6) is 0.152.